The molecule has 2 heterocycles. The Morgan fingerprint density at radius 1 is 1.45 bits per heavy atom. The summed E-state index contributed by atoms with van der Waals surface area (Å²) in [7, 11) is 2.01. The molecule has 5 heteroatoms. The van der Waals surface area contributed by atoms with Gasteiger partial charge in [0.1, 0.15) is 5.82 Å². The second kappa shape index (κ2) is 6.22. The lowest BCUT2D eigenvalue weighted by Gasteiger charge is -2.37. The van der Waals surface area contributed by atoms with Crippen molar-refractivity contribution < 1.29 is 9.90 Å². The number of hydrogen-bond acceptors (Lipinski definition) is 4. The number of anilines is 1. The highest BCUT2D eigenvalue weighted by Crippen LogP contribution is 2.22. The molecule has 1 aromatic rings. The highest BCUT2D eigenvalue weighted by molar-refractivity contribution is 5.88. The smallest absolute Gasteiger partial charge is 0.335 e. The molecule has 1 saturated heterocycles. The van der Waals surface area contributed by atoms with Crippen molar-refractivity contribution in [3.05, 3.63) is 23.4 Å². The summed E-state index contributed by atoms with van der Waals surface area (Å²) in [6.45, 7) is 7.32. The van der Waals surface area contributed by atoms with Crippen LogP contribution in [0.5, 0.6) is 0 Å². The molecule has 0 bridgehead atoms. The number of carboxylic acids is 1. The number of aryl methyl sites for hydroxylation is 1. The zero-order valence-electron chi connectivity index (χ0n) is 12.5. The monoisotopic (exact) mass is 277 g/mol. The van der Waals surface area contributed by atoms with Gasteiger partial charge in [0.2, 0.25) is 0 Å². The van der Waals surface area contributed by atoms with Crippen LogP contribution in [-0.2, 0) is 0 Å². The molecule has 1 fully saturated rings. The van der Waals surface area contributed by atoms with Crippen LogP contribution in [0, 0.1) is 6.92 Å². The SMILES string of the molecule is CCN1CCC(N(C)c2cc(C(=O)O)cc(C)n2)CC1. The third-order valence-electron chi connectivity index (χ3n) is 4.10. The van der Waals surface area contributed by atoms with Crippen LogP contribution >= 0.6 is 0 Å². The molecule has 0 radical (unpaired) electrons. The zero-order chi connectivity index (χ0) is 14.7. The Balaban J connectivity index is 2.13. The maximum Gasteiger partial charge on any atom is 0.335 e. The normalized spacial score (nSPS) is 17.1. The average molecular weight is 277 g/mol. The Kier molecular flexibility index (Phi) is 4.60. The van der Waals surface area contributed by atoms with Gasteiger partial charge in [0.05, 0.1) is 5.56 Å². The minimum absolute atomic E-state index is 0.311. The number of carboxylic acid groups (broad SMARTS) is 1. The van der Waals surface area contributed by atoms with Crippen LogP contribution in [0.15, 0.2) is 12.1 Å². The third kappa shape index (κ3) is 3.28. The van der Waals surface area contributed by atoms with Crippen molar-refractivity contribution in [1.82, 2.24) is 9.88 Å². The lowest BCUT2D eigenvalue weighted by molar-refractivity contribution is 0.0696. The van der Waals surface area contributed by atoms with Gasteiger partial charge in [0, 0.05) is 31.9 Å². The van der Waals surface area contributed by atoms with Gasteiger partial charge in [-0.3, -0.25) is 0 Å². The summed E-state index contributed by atoms with van der Waals surface area (Å²) in [6.07, 6.45) is 2.20. The van der Waals surface area contributed by atoms with Crippen LogP contribution in [0.3, 0.4) is 0 Å². The summed E-state index contributed by atoms with van der Waals surface area (Å²) in [4.78, 5) is 20.2. The third-order valence-corrected chi connectivity index (χ3v) is 4.10. The number of rotatable bonds is 4. The highest BCUT2D eigenvalue weighted by atomic mass is 16.4. The Bertz CT molecular complexity index is 482. The summed E-state index contributed by atoms with van der Waals surface area (Å²) in [5.74, 6) is -0.136. The average Bonchev–Trinajstić information content (AvgIpc) is 2.46. The predicted octanol–water partition coefficient (Wildman–Crippen LogP) is 2.01. The maximum atomic E-state index is 11.1. The molecule has 0 aliphatic carbocycles. The van der Waals surface area contributed by atoms with E-state index in [2.05, 4.69) is 21.7 Å². The quantitative estimate of drug-likeness (QED) is 0.912. The van der Waals surface area contributed by atoms with E-state index in [0.29, 0.717) is 11.6 Å². The van der Waals surface area contributed by atoms with Gasteiger partial charge in [-0.1, -0.05) is 6.92 Å². The van der Waals surface area contributed by atoms with Gasteiger partial charge in [-0.05, 0) is 38.4 Å². The van der Waals surface area contributed by atoms with E-state index in [1.165, 1.54) is 0 Å². The molecule has 2 rings (SSSR count). The van der Waals surface area contributed by atoms with E-state index < -0.39 is 5.97 Å². The van der Waals surface area contributed by atoms with E-state index in [0.717, 1.165) is 44.0 Å². The maximum absolute atomic E-state index is 11.1. The molecule has 0 unspecified atom stereocenters. The lowest BCUT2D eigenvalue weighted by Crippen LogP contribution is -2.43. The Morgan fingerprint density at radius 2 is 2.10 bits per heavy atom. The van der Waals surface area contributed by atoms with Crippen molar-refractivity contribution >= 4 is 11.8 Å². The van der Waals surface area contributed by atoms with Crippen molar-refractivity contribution in [2.75, 3.05) is 31.6 Å². The van der Waals surface area contributed by atoms with Crippen molar-refractivity contribution in [3.63, 3.8) is 0 Å². The molecule has 1 aliphatic rings. The van der Waals surface area contributed by atoms with Gasteiger partial charge in [0.15, 0.2) is 0 Å². The number of piperidine rings is 1. The lowest BCUT2D eigenvalue weighted by atomic mass is 10.0. The van der Waals surface area contributed by atoms with E-state index in [9.17, 15) is 4.79 Å². The van der Waals surface area contributed by atoms with Gasteiger partial charge in [0.25, 0.3) is 0 Å². The van der Waals surface area contributed by atoms with Gasteiger partial charge in [-0.25, -0.2) is 9.78 Å². The summed E-state index contributed by atoms with van der Waals surface area (Å²) in [6, 6.07) is 3.72. The Morgan fingerprint density at radius 3 is 2.65 bits per heavy atom. The van der Waals surface area contributed by atoms with E-state index in [4.69, 9.17) is 5.11 Å². The van der Waals surface area contributed by atoms with Crippen LogP contribution in [0.2, 0.25) is 0 Å². The number of hydrogen-bond donors (Lipinski definition) is 1. The van der Waals surface area contributed by atoms with Crippen molar-refractivity contribution in [2.45, 2.75) is 32.7 Å². The molecule has 110 valence electrons. The first-order valence-electron chi connectivity index (χ1n) is 7.18. The van der Waals surface area contributed by atoms with Crippen LogP contribution in [-0.4, -0.2) is 53.7 Å². The summed E-state index contributed by atoms with van der Waals surface area (Å²) in [5.41, 5.74) is 1.06. The standard InChI is InChI=1S/C15H23N3O2/c1-4-18-7-5-13(6-8-18)17(3)14-10-12(15(19)20)9-11(2)16-14/h9-10,13H,4-8H2,1-3H3,(H,19,20). The summed E-state index contributed by atoms with van der Waals surface area (Å²) < 4.78 is 0. The molecule has 0 aromatic carbocycles. The van der Waals surface area contributed by atoms with Crippen LogP contribution in [0.4, 0.5) is 5.82 Å². The molecule has 0 atom stereocenters. The number of carbonyl (C=O) groups is 1. The molecular weight excluding hydrogens is 254 g/mol. The Hall–Kier alpha value is -1.62. The first-order chi connectivity index (χ1) is 9.51. The number of aromatic carboxylic acids is 1. The van der Waals surface area contributed by atoms with Gasteiger partial charge < -0.3 is 14.9 Å². The number of pyridine rings is 1. The first-order valence-corrected chi connectivity index (χ1v) is 7.18. The predicted molar refractivity (Wildman–Crippen MR) is 79.5 cm³/mol. The molecule has 0 amide bonds. The molecule has 1 N–H and O–H groups in total. The largest absolute Gasteiger partial charge is 0.478 e. The van der Waals surface area contributed by atoms with E-state index in [-0.39, 0.29) is 0 Å². The molecule has 1 aliphatic heterocycles. The highest BCUT2D eigenvalue weighted by Gasteiger charge is 2.23. The summed E-state index contributed by atoms with van der Waals surface area (Å²) in [5, 5.41) is 9.14. The molecule has 5 nitrogen and oxygen atoms in total. The fourth-order valence-corrected chi connectivity index (χ4v) is 2.77. The van der Waals surface area contributed by atoms with E-state index >= 15 is 0 Å². The molecular formula is C15H23N3O2. The Labute approximate surface area is 120 Å². The molecule has 20 heavy (non-hydrogen) atoms. The minimum Gasteiger partial charge on any atom is -0.478 e. The topological polar surface area (TPSA) is 56.7 Å². The van der Waals surface area contributed by atoms with Crippen LogP contribution < -0.4 is 4.90 Å². The molecule has 0 spiro atoms. The summed E-state index contributed by atoms with van der Waals surface area (Å²) >= 11 is 0. The second-order valence-electron chi connectivity index (χ2n) is 5.44. The van der Waals surface area contributed by atoms with E-state index in [1.807, 2.05) is 14.0 Å². The van der Waals surface area contributed by atoms with Crippen molar-refractivity contribution in [3.8, 4) is 0 Å². The van der Waals surface area contributed by atoms with Crippen LogP contribution in [0.25, 0.3) is 0 Å². The number of likely N-dealkylation sites (tertiary alicyclic amines) is 1. The number of nitrogens with zero attached hydrogens (tertiary/aromatic N) is 3. The molecule has 0 saturated carbocycles. The van der Waals surface area contributed by atoms with Gasteiger partial charge in [-0.15, -0.1) is 0 Å². The van der Waals surface area contributed by atoms with E-state index in [1.54, 1.807) is 12.1 Å². The van der Waals surface area contributed by atoms with Crippen molar-refractivity contribution in [2.24, 2.45) is 0 Å². The molecule has 1 aromatic heterocycles. The fraction of sp³-hybridized carbons (Fsp3) is 0.600. The van der Waals surface area contributed by atoms with Gasteiger partial charge in [-0.2, -0.15) is 0 Å². The minimum atomic E-state index is -0.897. The van der Waals surface area contributed by atoms with Gasteiger partial charge >= 0.3 is 5.97 Å². The van der Waals surface area contributed by atoms with Crippen molar-refractivity contribution in [1.29, 1.82) is 0 Å². The second-order valence-corrected chi connectivity index (χ2v) is 5.44. The number of aromatic nitrogens is 1. The zero-order valence-corrected chi connectivity index (χ0v) is 12.5. The van der Waals surface area contributed by atoms with Crippen LogP contribution in [0.1, 0.15) is 35.8 Å². The fourth-order valence-electron chi connectivity index (χ4n) is 2.77. The first kappa shape index (κ1) is 14.8.